The first-order valence-corrected chi connectivity index (χ1v) is 17.5. The quantitative estimate of drug-likeness (QED) is 0.556. The normalized spacial score (nSPS) is 9.11. The fourth-order valence-corrected chi connectivity index (χ4v) is 1.12. The van der Waals surface area contributed by atoms with Crippen LogP contribution < -0.4 is 9.47 Å². The monoisotopic (exact) mass is 460 g/mol. The van der Waals surface area contributed by atoms with Crippen LogP contribution in [0.3, 0.4) is 0 Å². The fraction of sp³-hybridized carbons (Fsp3) is 0.250. The summed E-state index contributed by atoms with van der Waals surface area (Å²) in [4.78, 5) is 10.3. The molecule has 0 fully saturated rings. The first kappa shape index (κ1) is 17.3. The summed E-state index contributed by atoms with van der Waals surface area (Å²) < 4.78 is 12.2. The molecule has 1 aromatic carbocycles. The van der Waals surface area contributed by atoms with Gasteiger partial charge in [0.2, 0.25) is 0 Å². The van der Waals surface area contributed by atoms with Gasteiger partial charge < -0.3 is 14.6 Å². The Kier molecular flexibility index (Phi) is 9.78. The molecule has 6 heteroatoms. The topological polar surface area (TPSA) is 55.8 Å². The first-order valence-electron chi connectivity index (χ1n) is 5.28. The number of benzene rings is 1. The molecule has 0 aliphatic rings. The average Bonchev–Trinajstić information content (AvgIpc) is 2.36. The minimum absolute atomic E-state index is 0.574. The van der Waals surface area contributed by atoms with E-state index in [-0.39, 0.29) is 0 Å². The van der Waals surface area contributed by atoms with E-state index in [1.807, 2.05) is 0 Å². The van der Waals surface area contributed by atoms with Crippen molar-refractivity contribution in [2.45, 2.75) is 4.43 Å². The Hall–Kier alpha value is -0.745. The van der Waals surface area contributed by atoms with Crippen molar-refractivity contribution in [3.05, 3.63) is 29.8 Å². The molecule has 0 aliphatic heterocycles. The van der Waals surface area contributed by atoms with Gasteiger partial charge in [-0.2, -0.15) is 0 Å². The Bertz CT molecular complexity index is 407. The van der Waals surface area contributed by atoms with Crippen molar-refractivity contribution in [2.24, 2.45) is 0 Å². The Morgan fingerprint density at radius 3 is 2.33 bits per heavy atom. The van der Waals surface area contributed by atoms with Crippen molar-refractivity contribution in [1.29, 1.82) is 0 Å². The number of hydrogen-bond donors (Lipinski definition) is 1. The number of rotatable bonds is 4. The molecule has 0 spiro atoms. The van der Waals surface area contributed by atoms with E-state index < -0.39 is 29.3 Å². The number of methoxy groups -OCH3 is 2. The maximum atomic E-state index is 10.3. The summed E-state index contributed by atoms with van der Waals surface area (Å²) in [7, 11) is 8.30. The zero-order valence-electron chi connectivity index (χ0n) is 10.6. The number of carboxylic acid groups (broad SMARTS) is 1. The second-order valence-electron chi connectivity index (χ2n) is 3.05. The molecule has 1 rings (SSSR count). The fourth-order valence-electron chi connectivity index (χ4n) is 1.12. The molecule has 0 aromatic heterocycles. The van der Waals surface area contributed by atoms with Gasteiger partial charge in [0.25, 0.3) is 0 Å². The van der Waals surface area contributed by atoms with Gasteiger partial charge in [-0.1, -0.05) is 6.07 Å². The SMILES string of the molecule is COc1ccc(/C=C/C(=O)O)cc1OC.[CH3][Hg][Cl]. The van der Waals surface area contributed by atoms with Crippen LogP contribution in [0.4, 0.5) is 0 Å². The van der Waals surface area contributed by atoms with E-state index in [1.54, 1.807) is 25.3 Å². The van der Waals surface area contributed by atoms with Crippen LogP contribution in [0.5, 0.6) is 11.5 Å². The molecule has 18 heavy (non-hydrogen) atoms. The second kappa shape index (κ2) is 10.2. The van der Waals surface area contributed by atoms with Crippen molar-refractivity contribution in [3.8, 4) is 11.5 Å². The Morgan fingerprint density at radius 2 is 1.89 bits per heavy atom. The van der Waals surface area contributed by atoms with E-state index in [0.717, 1.165) is 11.6 Å². The van der Waals surface area contributed by atoms with Crippen LogP contribution in [0.25, 0.3) is 6.08 Å². The third kappa shape index (κ3) is 6.86. The van der Waals surface area contributed by atoms with E-state index in [1.165, 1.54) is 13.2 Å². The average molecular weight is 459 g/mol. The van der Waals surface area contributed by atoms with Crippen molar-refractivity contribution < 1.29 is 42.7 Å². The van der Waals surface area contributed by atoms with Crippen LogP contribution in [0.1, 0.15) is 5.56 Å². The van der Waals surface area contributed by atoms with Crippen molar-refractivity contribution in [1.82, 2.24) is 0 Å². The maximum absolute atomic E-state index is 10.3. The molecule has 1 aromatic rings. The summed E-state index contributed by atoms with van der Waals surface area (Å²) >= 11 is -0.611. The van der Waals surface area contributed by atoms with Gasteiger partial charge in [0, 0.05) is 6.08 Å². The van der Waals surface area contributed by atoms with Gasteiger partial charge in [0.05, 0.1) is 14.2 Å². The molecule has 0 aliphatic carbocycles. The standard InChI is InChI=1S/C11H12O4.CH3.ClH.Hg/c1-14-9-5-3-8(4-6-11(12)13)7-10(9)15-2;;;/h3-7H,1-2H3,(H,12,13);1H3;1H;/q;;;+1/p-1/b6-4+;;;. The zero-order valence-corrected chi connectivity index (χ0v) is 16.9. The van der Waals surface area contributed by atoms with Gasteiger partial charge in [-0.15, -0.1) is 0 Å². The van der Waals surface area contributed by atoms with Crippen LogP contribution in [-0.2, 0) is 28.1 Å². The number of halogens is 1. The van der Waals surface area contributed by atoms with E-state index in [4.69, 9.17) is 22.8 Å². The number of hydrogen-bond acceptors (Lipinski definition) is 3. The molecule has 0 unspecified atom stereocenters. The molecule has 0 amide bonds. The van der Waals surface area contributed by atoms with Gasteiger partial charge in [-0.05, 0) is 23.8 Å². The summed E-state index contributed by atoms with van der Waals surface area (Å²) in [5.41, 5.74) is 0.745. The molecule has 1 N–H and O–H groups in total. The molecule has 0 heterocycles. The van der Waals surface area contributed by atoms with Gasteiger partial charge in [-0.25, -0.2) is 4.79 Å². The van der Waals surface area contributed by atoms with Crippen LogP contribution in [0.2, 0.25) is 4.43 Å². The Morgan fingerprint density at radius 1 is 1.33 bits per heavy atom. The summed E-state index contributed by atoms with van der Waals surface area (Å²) in [6.07, 6.45) is 2.56. The van der Waals surface area contributed by atoms with E-state index in [2.05, 4.69) is 4.43 Å². The second-order valence-corrected chi connectivity index (χ2v) is 9.82. The van der Waals surface area contributed by atoms with Crippen LogP contribution in [-0.4, -0.2) is 25.3 Å². The van der Waals surface area contributed by atoms with Gasteiger partial charge in [0.1, 0.15) is 0 Å². The summed E-state index contributed by atoms with van der Waals surface area (Å²) in [5.74, 6) is 0.208. The Balaban J connectivity index is 0.000000873. The predicted octanol–water partition coefficient (Wildman–Crippen LogP) is 3.07. The molecule has 0 atom stereocenters. The van der Waals surface area contributed by atoms with Crippen LogP contribution in [0, 0.1) is 0 Å². The third-order valence-electron chi connectivity index (χ3n) is 1.83. The molecular formula is C12H15ClHgO4. The van der Waals surface area contributed by atoms with Crippen molar-refractivity contribution >= 4 is 20.3 Å². The van der Waals surface area contributed by atoms with E-state index in [9.17, 15) is 4.79 Å². The Labute approximate surface area is 122 Å². The van der Waals surface area contributed by atoms with Crippen LogP contribution >= 0.6 is 8.25 Å². The van der Waals surface area contributed by atoms with Crippen molar-refractivity contribution in [2.75, 3.05) is 14.2 Å². The molecule has 0 saturated carbocycles. The predicted molar refractivity (Wildman–Crippen MR) is 67.9 cm³/mol. The van der Waals surface area contributed by atoms with Crippen molar-refractivity contribution in [3.63, 3.8) is 0 Å². The number of carbonyl (C=O) groups is 1. The number of aliphatic carboxylic acids is 1. The molecule has 0 radical (unpaired) electrons. The molecular weight excluding hydrogens is 444 g/mol. The van der Waals surface area contributed by atoms with E-state index >= 15 is 0 Å². The molecule has 0 bridgehead atoms. The summed E-state index contributed by atoms with van der Waals surface area (Å²) in [6, 6.07) is 5.18. The minimum atomic E-state index is -0.982. The third-order valence-corrected chi connectivity index (χ3v) is 1.83. The molecule has 0 saturated heterocycles. The van der Waals surface area contributed by atoms with Crippen LogP contribution in [0.15, 0.2) is 24.3 Å². The first-order chi connectivity index (χ1) is 8.58. The van der Waals surface area contributed by atoms with E-state index in [0.29, 0.717) is 11.5 Å². The molecule has 4 nitrogen and oxygen atoms in total. The summed E-state index contributed by atoms with van der Waals surface area (Å²) in [5, 5.41) is 8.46. The van der Waals surface area contributed by atoms with Gasteiger partial charge in [-0.3, -0.25) is 0 Å². The number of carboxylic acids is 1. The zero-order chi connectivity index (χ0) is 14.0. The van der Waals surface area contributed by atoms with Gasteiger partial charge >= 0.3 is 42.0 Å². The molecule has 96 valence electrons. The summed E-state index contributed by atoms with van der Waals surface area (Å²) in [6.45, 7) is 0. The van der Waals surface area contributed by atoms with Gasteiger partial charge in [0.15, 0.2) is 11.5 Å². The number of ether oxygens (including phenoxy) is 2.